The molecule has 2 atom stereocenters. The molecule has 0 fully saturated rings. The van der Waals surface area contributed by atoms with Crippen LogP contribution in [0.15, 0.2) is 29.4 Å². The molecule has 26 heavy (non-hydrogen) atoms. The first-order chi connectivity index (χ1) is 12.2. The zero-order chi connectivity index (χ0) is 19.5. The molecule has 0 aliphatic heterocycles. The van der Waals surface area contributed by atoms with Gasteiger partial charge in [0.15, 0.2) is 5.82 Å². The van der Waals surface area contributed by atoms with E-state index in [1.165, 1.54) is 16.4 Å². The molecule has 0 radical (unpaired) electrons. The van der Waals surface area contributed by atoms with Crippen LogP contribution in [-0.2, 0) is 4.79 Å². The molecule has 2 rings (SSSR count). The van der Waals surface area contributed by atoms with Crippen LogP contribution in [0.25, 0.3) is 11.4 Å². The molecule has 138 valence electrons. The molecule has 0 aliphatic rings. The maximum atomic E-state index is 12.5. The number of nitrogens with two attached hydrogens (primary N) is 1. The number of rotatable bonds is 6. The second-order valence-corrected chi connectivity index (χ2v) is 8.07. The third-order valence-electron chi connectivity index (χ3n) is 4.40. The molecule has 7 nitrogen and oxygen atoms in total. The van der Waals surface area contributed by atoms with Crippen LogP contribution in [0.1, 0.15) is 33.3 Å². The van der Waals surface area contributed by atoms with E-state index >= 15 is 0 Å². The number of aromatic nitrogens is 3. The Balaban J connectivity index is 2.13. The van der Waals surface area contributed by atoms with Crippen LogP contribution >= 0.6 is 11.8 Å². The zero-order valence-electron chi connectivity index (χ0n) is 15.6. The van der Waals surface area contributed by atoms with Crippen LogP contribution in [0.3, 0.4) is 0 Å². The largest absolute Gasteiger partial charge is 0.337 e. The minimum atomic E-state index is -0.921. The number of carbonyl (C=O) groups is 1. The van der Waals surface area contributed by atoms with Gasteiger partial charge in [-0.15, -0.1) is 10.2 Å². The molecular weight excluding hydrogens is 348 g/mol. The lowest BCUT2D eigenvalue weighted by Crippen LogP contribution is -2.51. The second kappa shape index (κ2) is 7.79. The molecular formula is C18H24N6OS. The summed E-state index contributed by atoms with van der Waals surface area (Å²) >= 11 is 1.20. The number of thioether (sulfide) groups is 1. The fourth-order valence-corrected chi connectivity index (χ4v) is 2.90. The fraction of sp³-hybridized carbons (Fsp3) is 0.444. The molecule has 8 heteroatoms. The minimum Gasteiger partial charge on any atom is -0.337 e. The normalized spacial score (nSPS) is 14.5. The van der Waals surface area contributed by atoms with Crippen LogP contribution in [-0.4, -0.2) is 31.6 Å². The van der Waals surface area contributed by atoms with Gasteiger partial charge < -0.3 is 11.2 Å². The number of benzene rings is 1. The Kier molecular flexibility index (Phi) is 5.93. The highest BCUT2D eigenvalue weighted by Crippen LogP contribution is 2.26. The van der Waals surface area contributed by atoms with Crippen molar-refractivity contribution >= 4 is 17.7 Å². The van der Waals surface area contributed by atoms with Crippen molar-refractivity contribution < 1.29 is 4.79 Å². The summed E-state index contributed by atoms with van der Waals surface area (Å²) in [7, 11) is 0. The average Bonchev–Trinajstić information content (AvgIpc) is 2.96. The molecule has 1 aromatic carbocycles. The molecule has 1 amide bonds. The highest BCUT2D eigenvalue weighted by atomic mass is 32.2. The molecule has 0 aliphatic carbocycles. The first kappa shape index (κ1) is 19.8. The van der Waals surface area contributed by atoms with Gasteiger partial charge in [-0.1, -0.05) is 55.4 Å². The van der Waals surface area contributed by atoms with E-state index in [4.69, 9.17) is 5.84 Å². The summed E-state index contributed by atoms with van der Waals surface area (Å²) in [6, 6.07) is 9.97. The minimum absolute atomic E-state index is 0.0139. The standard InChI is InChI=1S/C18H24N6OS/c1-11(2)18(5,10-19)21-16(25)13(4)26-17-23-22-15(24(17)20)14-8-6-12(3)7-9-14/h6-9,11,13H,20H2,1-5H3,(H,21,25). The molecule has 2 aromatic rings. The van der Waals surface area contributed by atoms with Gasteiger partial charge in [-0.3, -0.25) is 4.79 Å². The molecule has 3 N–H and O–H groups in total. The Labute approximate surface area is 158 Å². The second-order valence-electron chi connectivity index (χ2n) is 6.76. The zero-order valence-corrected chi connectivity index (χ0v) is 16.5. The summed E-state index contributed by atoms with van der Waals surface area (Å²) < 4.78 is 1.38. The van der Waals surface area contributed by atoms with Crippen LogP contribution in [0.4, 0.5) is 0 Å². The van der Waals surface area contributed by atoms with Crippen LogP contribution in [0, 0.1) is 24.2 Å². The Morgan fingerprint density at radius 2 is 1.92 bits per heavy atom. The number of carbonyl (C=O) groups excluding carboxylic acids is 1. The summed E-state index contributed by atoms with van der Waals surface area (Å²) in [6.45, 7) is 9.26. The Hall–Kier alpha value is -2.53. The van der Waals surface area contributed by atoms with Crippen LogP contribution in [0.2, 0.25) is 0 Å². The third kappa shape index (κ3) is 4.17. The molecule has 0 spiro atoms. The van der Waals surface area contributed by atoms with E-state index in [0.29, 0.717) is 11.0 Å². The van der Waals surface area contributed by atoms with Crippen molar-refractivity contribution in [3.05, 3.63) is 29.8 Å². The monoisotopic (exact) mass is 372 g/mol. The van der Waals surface area contributed by atoms with E-state index in [-0.39, 0.29) is 11.8 Å². The summed E-state index contributed by atoms with van der Waals surface area (Å²) in [5.41, 5.74) is 1.07. The molecule has 0 saturated heterocycles. The number of amides is 1. The quantitative estimate of drug-likeness (QED) is 0.595. The Morgan fingerprint density at radius 1 is 1.31 bits per heavy atom. The number of nitrogens with one attached hydrogen (secondary N) is 1. The number of hydrogen-bond acceptors (Lipinski definition) is 6. The topological polar surface area (TPSA) is 110 Å². The van der Waals surface area contributed by atoms with E-state index in [9.17, 15) is 10.1 Å². The van der Waals surface area contributed by atoms with Crippen molar-refractivity contribution in [1.82, 2.24) is 20.2 Å². The van der Waals surface area contributed by atoms with E-state index in [0.717, 1.165) is 11.1 Å². The number of nitrogens with zero attached hydrogens (tertiary/aromatic N) is 4. The van der Waals surface area contributed by atoms with Gasteiger partial charge in [0.2, 0.25) is 11.1 Å². The van der Waals surface area contributed by atoms with Crippen molar-refractivity contribution in [2.45, 2.75) is 50.6 Å². The highest BCUT2D eigenvalue weighted by Gasteiger charge is 2.32. The van der Waals surface area contributed by atoms with Gasteiger partial charge in [-0.05, 0) is 26.7 Å². The van der Waals surface area contributed by atoms with Gasteiger partial charge in [-0.25, -0.2) is 4.68 Å². The summed E-state index contributed by atoms with van der Waals surface area (Å²) in [5.74, 6) is 6.39. The maximum Gasteiger partial charge on any atom is 0.234 e. The van der Waals surface area contributed by atoms with E-state index in [2.05, 4.69) is 21.6 Å². The molecule has 1 heterocycles. The van der Waals surface area contributed by atoms with E-state index in [1.807, 2.05) is 45.0 Å². The summed E-state index contributed by atoms with van der Waals surface area (Å²) in [5, 5.41) is 20.3. The molecule has 0 saturated carbocycles. The SMILES string of the molecule is Cc1ccc(-c2nnc(SC(C)C(=O)NC(C)(C#N)C(C)C)n2N)cc1. The predicted octanol–water partition coefficient (Wildman–Crippen LogP) is 2.50. The van der Waals surface area contributed by atoms with Gasteiger partial charge in [-0.2, -0.15) is 5.26 Å². The number of aryl methyl sites for hydroxylation is 1. The lowest BCUT2D eigenvalue weighted by atomic mass is 9.90. The summed E-state index contributed by atoms with van der Waals surface area (Å²) in [4.78, 5) is 12.5. The van der Waals surface area contributed by atoms with Gasteiger partial charge in [0.25, 0.3) is 0 Å². The lowest BCUT2D eigenvalue weighted by Gasteiger charge is -2.28. The maximum absolute atomic E-state index is 12.5. The summed E-state index contributed by atoms with van der Waals surface area (Å²) in [6.07, 6.45) is 0. The number of hydrogen-bond donors (Lipinski definition) is 2. The first-order valence-corrected chi connectivity index (χ1v) is 9.23. The average molecular weight is 372 g/mol. The molecule has 2 unspecified atom stereocenters. The van der Waals surface area contributed by atoms with Crippen LogP contribution < -0.4 is 11.2 Å². The lowest BCUT2D eigenvalue weighted by molar-refractivity contribution is -0.121. The third-order valence-corrected chi connectivity index (χ3v) is 5.45. The Bertz CT molecular complexity index is 823. The van der Waals surface area contributed by atoms with Crippen molar-refractivity contribution in [3.8, 4) is 17.5 Å². The van der Waals surface area contributed by atoms with Crippen molar-refractivity contribution in [3.63, 3.8) is 0 Å². The van der Waals surface area contributed by atoms with Gasteiger partial charge >= 0.3 is 0 Å². The van der Waals surface area contributed by atoms with Gasteiger partial charge in [0.1, 0.15) is 5.54 Å². The smallest absolute Gasteiger partial charge is 0.234 e. The molecule has 0 bridgehead atoms. The highest BCUT2D eigenvalue weighted by molar-refractivity contribution is 8.00. The van der Waals surface area contributed by atoms with Gasteiger partial charge in [0.05, 0.1) is 11.3 Å². The van der Waals surface area contributed by atoms with Crippen molar-refractivity contribution in [2.75, 3.05) is 5.84 Å². The van der Waals surface area contributed by atoms with Gasteiger partial charge in [0, 0.05) is 5.56 Å². The first-order valence-electron chi connectivity index (χ1n) is 8.35. The van der Waals surface area contributed by atoms with E-state index < -0.39 is 10.8 Å². The van der Waals surface area contributed by atoms with E-state index in [1.54, 1.807) is 13.8 Å². The number of nitrogen functional groups attached to an aromatic ring is 1. The molecule has 1 aromatic heterocycles. The van der Waals surface area contributed by atoms with Crippen molar-refractivity contribution in [2.24, 2.45) is 5.92 Å². The Morgan fingerprint density at radius 3 is 2.46 bits per heavy atom. The van der Waals surface area contributed by atoms with Crippen LogP contribution in [0.5, 0.6) is 0 Å². The predicted molar refractivity (Wildman–Crippen MR) is 103 cm³/mol. The number of nitriles is 1. The van der Waals surface area contributed by atoms with Crippen molar-refractivity contribution in [1.29, 1.82) is 5.26 Å². The fourth-order valence-electron chi connectivity index (χ4n) is 2.13.